The summed E-state index contributed by atoms with van der Waals surface area (Å²) >= 11 is 5.20. The average Bonchev–Trinajstić information content (AvgIpc) is 1.86. The fourth-order valence-corrected chi connectivity index (χ4v) is 0.258. The molecule has 0 saturated heterocycles. The summed E-state index contributed by atoms with van der Waals surface area (Å²) in [4.78, 5) is 10.1. The SMILES string of the molecule is COC(Cl)(OC)C(=O)O. The van der Waals surface area contributed by atoms with Crippen LogP contribution in [-0.2, 0) is 14.3 Å². The number of aliphatic carboxylic acids is 1. The first kappa shape index (κ1) is 8.68. The van der Waals surface area contributed by atoms with Crippen LogP contribution in [0.1, 0.15) is 0 Å². The number of halogens is 1. The Morgan fingerprint density at radius 2 is 1.89 bits per heavy atom. The van der Waals surface area contributed by atoms with Crippen molar-refractivity contribution in [1.29, 1.82) is 0 Å². The van der Waals surface area contributed by atoms with E-state index in [9.17, 15) is 4.79 Å². The Bertz CT molecular complexity index is 109. The zero-order chi connectivity index (χ0) is 7.49. The molecule has 9 heavy (non-hydrogen) atoms. The molecule has 5 heteroatoms. The number of carboxylic acids is 1. The lowest BCUT2D eigenvalue weighted by molar-refractivity contribution is -0.191. The molecule has 0 amide bonds. The first-order valence-corrected chi connectivity index (χ1v) is 2.47. The van der Waals surface area contributed by atoms with Crippen LogP contribution < -0.4 is 0 Å². The Morgan fingerprint density at radius 3 is 1.89 bits per heavy atom. The summed E-state index contributed by atoms with van der Waals surface area (Å²) in [6.45, 7) is 0. The van der Waals surface area contributed by atoms with Gasteiger partial charge in [-0.2, -0.15) is 0 Å². The Labute approximate surface area is 57.3 Å². The molecule has 0 bridgehead atoms. The minimum atomic E-state index is -2.03. The van der Waals surface area contributed by atoms with E-state index in [0.717, 1.165) is 14.2 Å². The summed E-state index contributed by atoms with van der Waals surface area (Å²) in [6.07, 6.45) is 0. The maximum atomic E-state index is 10.1. The van der Waals surface area contributed by atoms with Crippen LogP contribution in [0.25, 0.3) is 0 Å². The zero-order valence-electron chi connectivity index (χ0n) is 5.05. The van der Waals surface area contributed by atoms with Crippen molar-refractivity contribution in [2.24, 2.45) is 0 Å². The predicted octanol–water partition coefficient (Wildman–Crippen LogP) is 0.256. The van der Waals surface area contributed by atoms with Crippen LogP contribution in [0.2, 0.25) is 0 Å². The monoisotopic (exact) mass is 154 g/mol. The molecular weight excluding hydrogens is 147 g/mol. The highest BCUT2D eigenvalue weighted by atomic mass is 35.5. The van der Waals surface area contributed by atoms with Crippen molar-refractivity contribution in [3.05, 3.63) is 0 Å². The van der Waals surface area contributed by atoms with Crippen molar-refractivity contribution in [3.63, 3.8) is 0 Å². The van der Waals surface area contributed by atoms with Gasteiger partial charge in [0.05, 0.1) is 0 Å². The predicted molar refractivity (Wildman–Crippen MR) is 30.2 cm³/mol. The number of carbonyl (C=O) groups is 1. The van der Waals surface area contributed by atoms with Gasteiger partial charge in [-0.3, -0.25) is 0 Å². The minimum absolute atomic E-state index is 1.14. The summed E-state index contributed by atoms with van der Waals surface area (Å²) in [5, 5.41) is 6.22. The van der Waals surface area contributed by atoms with Crippen molar-refractivity contribution < 1.29 is 19.4 Å². The van der Waals surface area contributed by atoms with Gasteiger partial charge in [-0.1, -0.05) is 0 Å². The first-order valence-electron chi connectivity index (χ1n) is 2.09. The van der Waals surface area contributed by atoms with E-state index in [1.165, 1.54) is 0 Å². The van der Waals surface area contributed by atoms with Crippen molar-refractivity contribution in [2.75, 3.05) is 14.2 Å². The van der Waals surface area contributed by atoms with Gasteiger partial charge in [0.25, 0.3) is 0 Å². The van der Waals surface area contributed by atoms with Crippen LogP contribution >= 0.6 is 11.6 Å². The second kappa shape index (κ2) is 3.00. The maximum Gasteiger partial charge on any atom is 0.381 e. The second-order valence-electron chi connectivity index (χ2n) is 1.25. The van der Waals surface area contributed by atoms with Crippen LogP contribution in [0.15, 0.2) is 0 Å². The highest BCUT2D eigenvalue weighted by molar-refractivity contribution is 6.31. The molecular formula is C4H7ClO4. The maximum absolute atomic E-state index is 10.1. The second-order valence-corrected chi connectivity index (χ2v) is 1.75. The van der Waals surface area contributed by atoms with Gasteiger partial charge < -0.3 is 14.6 Å². The van der Waals surface area contributed by atoms with E-state index in [4.69, 9.17) is 16.7 Å². The van der Waals surface area contributed by atoms with Gasteiger partial charge in [0.1, 0.15) is 0 Å². The molecule has 0 fully saturated rings. The van der Waals surface area contributed by atoms with E-state index in [1.54, 1.807) is 0 Å². The Balaban J connectivity index is 4.09. The quantitative estimate of drug-likeness (QED) is 0.468. The van der Waals surface area contributed by atoms with Crippen LogP contribution in [0.4, 0.5) is 0 Å². The zero-order valence-corrected chi connectivity index (χ0v) is 5.81. The number of hydrogen-bond donors (Lipinski definition) is 1. The average molecular weight is 155 g/mol. The van der Waals surface area contributed by atoms with Gasteiger partial charge in [-0.25, -0.2) is 4.79 Å². The van der Waals surface area contributed by atoms with E-state index >= 15 is 0 Å². The van der Waals surface area contributed by atoms with Gasteiger partial charge in [0.15, 0.2) is 0 Å². The lowest BCUT2D eigenvalue weighted by Crippen LogP contribution is -2.36. The third-order valence-electron chi connectivity index (χ3n) is 0.781. The van der Waals surface area contributed by atoms with Crippen LogP contribution in [-0.4, -0.2) is 30.5 Å². The van der Waals surface area contributed by atoms with E-state index < -0.39 is 11.2 Å². The van der Waals surface area contributed by atoms with Gasteiger partial charge >= 0.3 is 11.2 Å². The summed E-state index contributed by atoms with van der Waals surface area (Å²) in [5.41, 5.74) is 0. The standard InChI is InChI=1S/C4H7ClO4/c1-8-4(5,9-2)3(6)7/h1-2H3,(H,6,7). The normalized spacial score (nSPS) is 11.4. The molecule has 0 aliphatic rings. The lowest BCUT2D eigenvalue weighted by Gasteiger charge is -2.16. The topological polar surface area (TPSA) is 55.8 Å². The number of alkyl halides is 1. The molecule has 0 saturated carbocycles. The molecule has 1 N–H and O–H groups in total. The Morgan fingerprint density at radius 1 is 1.56 bits per heavy atom. The van der Waals surface area contributed by atoms with Crippen molar-refractivity contribution in [2.45, 2.75) is 5.25 Å². The summed E-state index contributed by atoms with van der Waals surface area (Å²) in [5.74, 6) is -1.37. The Kier molecular flexibility index (Phi) is 2.90. The number of rotatable bonds is 3. The van der Waals surface area contributed by atoms with E-state index in [1.807, 2.05) is 0 Å². The van der Waals surface area contributed by atoms with Crippen molar-refractivity contribution in [1.82, 2.24) is 0 Å². The van der Waals surface area contributed by atoms with E-state index in [2.05, 4.69) is 9.47 Å². The molecule has 54 valence electrons. The summed E-state index contributed by atoms with van der Waals surface area (Å²) < 4.78 is 8.58. The Hall–Kier alpha value is -0.320. The van der Waals surface area contributed by atoms with Crippen LogP contribution in [0.3, 0.4) is 0 Å². The molecule has 0 heterocycles. The molecule has 0 aromatic heterocycles. The third-order valence-corrected chi connectivity index (χ3v) is 1.25. The van der Waals surface area contributed by atoms with Gasteiger partial charge in [0.2, 0.25) is 0 Å². The molecule has 0 aromatic carbocycles. The molecule has 0 unspecified atom stereocenters. The number of methoxy groups -OCH3 is 2. The van der Waals surface area contributed by atoms with E-state index in [-0.39, 0.29) is 0 Å². The summed E-state index contributed by atoms with van der Waals surface area (Å²) in [7, 11) is 2.29. The third kappa shape index (κ3) is 1.82. The van der Waals surface area contributed by atoms with E-state index in [0.29, 0.717) is 0 Å². The summed E-state index contributed by atoms with van der Waals surface area (Å²) in [6, 6.07) is 0. The fraction of sp³-hybridized carbons (Fsp3) is 0.750. The molecule has 0 aliphatic heterocycles. The minimum Gasteiger partial charge on any atom is -0.476 e. The molecule has 0 spiro atoms. The molecule has 0 rings (SSSR count). The fourth-order valence-electron chi connectivity index (χ4n) is 0.258. The first-order chi connectivity index (χ1) is 4.06. The molecule has 0 radical (unpaired) electrons. The smallest absolute Gasteiger partial charge is 0.381 e. The number of hydrogen-bond acceptors (Lipinski definition) is 3. The van der Waals surface area contributed by atoms with Crippen molar-refractivity contribution in [3.8, 4) is 0 Å². The lowest BCUT2D eigenvalue weighted by atomic mass is 10.6. The highest BCUT2D eigenvalue weighted by Gasteiger charge is 2.36. The van der Waals surface area contributed by atoms with Crippen LogP contribution in [0, 0.1) is 0 Å². The largest absolute Gasteiger partial charge is 0.476 e. The van der Waals surface area contributed by atoms with Gasteiger partial charge in [-0.15, -0.1) is 0 Å². The van der Waals surface area contributed by atoms with Crippen molar-refractivity contribution >= 4 is 17.6 Å². The van der Waals surface area contributed by atoms with Crippen LogP contribution in [0.5, 0.6) is 0 Å². The highest BCUT2D eigenvalue weighted by Crippen LogP contribution is 2.15. The number of carboxylic acid groups (broad SMARTS) is 1. The number of ether oxygens (including phenoxy) is 2. The molecule has 4 nitrogen and oxygen atoms in total. The molecule has 0 atom stereocenters. The molecule has 0 aliphatic carbocycles. The molecule has 0 aromatic rings. The van der Waals surface area contributed by atoms with Gasteiger partial charge in [-0.05, 0) is 11.6 Å². The van der Waals surface area contributed by atoms with Gasteiger partial charge in [0, 0.05) is 14.2 Å².